The summed E-state index contributed by atoms with van der Waals surface area (Å²) in [6, 6.07) is 8.36. The van der Waals surface area contributed by atoms with Crippen molar-refractivity contribution in [3.8, 4) is 5.75 Å². The third kappa shape index (κ3) is 4.24. The number of nitrogens with two attached hydrogens (primary N) is 1. The van der Waals surface area contributed by atoms with Crippen LogP contribution in [0.1, 0.15) is 50.5 Å². The lowest BCUT2D eigenvalue weighted by Gasteiger charge is -2.37. The highest BCUT2D eigenvalue weighted by molar-refractivity contribution is 5.27. The minimum Gasteiger partial charge on any atom is -0.493 e. The molecule has 1 aliphatic rings. The van der Waals surface area contributed by atoms with Crippen LogP contribution in [0.4, 0.5) is 0 Å². The van der Waals surface area contributed by atoms with E-state index in [1.165, 1.54) is 44.1 Å². The molecular weight excluding hydrogens is 234 g/mol. The summed E-state index contributed by atoms with van der Waals surface area (Å²) in [7, 11) is 0. The molecule has 106 valence electrons. The van der Waals surface area contributed by atoms with E-state index in [0.717, 1.165) is 25.3 Å². The maximum absolute atomic E-state index is 6.09. The molecule has 2 N–H and O–H groups in total. The highest BCUT2D eigenvalue weighted by atomic mass is 16.5. The van der Waals surface area contributed by atoms with Crippen LogP contribution >= 0.6 is 0 Å². The summed E-state index contributed by atoms with van der Waals surface area (Å²) in [5, 5.41) is 0. The van der Waals surface area contributed by atoms with Gasteiger partial charge in [-0.15, -0.1) is 0 Å². The number of aryl methyl sites for hydroxylation is 1. The van der Waals surface area contributed by atoms with E-state index in [-0.39, 0.29) is 0 Å². The molecule has 2 rings (SSSR count). The maximum atomic E-state index is 6.09. The monoisotopic (exact) mass is 261 g/mol. The zero-order valence-corrected chi connectivity index (χ0v) is 12.2. The number of rotatable bonds is 6. The second kappa shape index (κ2) is 6.95. The molecule has 0 radical (unpaired) electrons. The lowest BCUT2D eigenvalue weighted by atomic mass is 9.72. The first-order valence-electron chi connectivity index (χ1n) is 7.64. The maximum Gasteiger partial charge on any atom is 0.119 e. The van der Waals surface area contributed by atoms with Crippen molar-refractivity contribution in [3.05, 3.63) is 29.8 Å². The van der Waals surface area contributed by atoms with Crippen molar-refractivity contribution in [2.24, 2.45) is 11.1 Å². The molecule has 0 unspecified atom stereocenters. The molecule has 0 bridgehead atoms. The van der Waals surface area contributed by atoms with Gasteiger partial charge in [-0.1, -0.05) is 31.4 Å². The van der Waals surface area contributed by atoms with E-state index in [9.17, 15) is 0 Å². The summed E-state index contributed by atoms with van der Waals surface area (Å²) in [5.41, 5.74) is 7.33. The first-order valence-corrected chi connectivity index (χ1v) is 7.64. The van der Waals surface area contributed by atoms with Gasteiger partial charge in [-0.25, -0.2) is 0 Å². The van der Waals surface area contributed by atoms with Crippen LogP contribution < -0.4 is 10.5 Å². The zero-order valence-electron chi connectivity index (χ0n) is 12.2. The van der Waals surface area contributed by atoms with E-state index in [4.69, 9.17) is 10.5 Å². The van der Waals surface area contributed by atoms with Gasteiger partial charge in [-0.2, -0.15) is 0 Å². The summed E-state index contributed by atoms with van der Waals surface area (Å²) >= 11 is 0. The van der Waals surface area contributed by atoms with E-state index in [1.54, 1.807) is 0 Å². The molecule has 0 spiro atoms. The third-order valence-corrected chi connectivity index (χ3v) is 4.36. The van der Waals surface area contributed by atoms with E-state index >= 15 is 0 Å². The Hall–Kier alpha value is -1.02. The van der Waals surface area contributed by atoms with Gasteiger partial charge in [0.1, 0.15) is 5.75 Å². The van der Waals surface area contributed by atoms with E-state index in [1.807, 2.05) is 0 Å². The summed E-state index contributed by atoms with van der Waals surface area (Å²) in [6.07, 6.45) is 9.03. The normalized spacial score (nSPS) is 18.2. The molecule has 1 aromatic rings. The molecule has 1 fully saturated rings. The standard InChI is InChI=1S/C17H27NO/c1-15-7-5-8-16(13-15)19-14-17(11-6-12-18)9-3-2-4-10-17/h5,7-8,13H,2-4,6,9-12,14,18H2,1H3. The summed E-state index contributed by atoms with van der Waals surface area (Å²) in [4.78, 5) is 0. The number of hydrogen-bond donors (Lipinski definition) is 1. The molecular formula is C17H27NO. The smallest absolute Gasteiger partial charge is 0.119 e. The SMILES string of the molecule is Cc1cccc(OCC2(CCCN)CCCCC2)c1. The molecule has 0 heterocycles. The third-order valence-electron chi connectivity index (χ3n) is 4.36. The number of benzene rings is 1. The van der Waals surface area contributed by atoms with Crippen molar-refractivity contribution in [1.29, 1.82) is 0 Å². The van der Waals surface area contributed by atoms with Gasteiger partial charge in [-0.05, 0) is 56.8 Å². The largest absolute Gasteiger partial charge is 0.493 e. The molecule has 0 amide bonds. The van der Waals surface area contributed by atoms with Crippen LogP contribution in [-0.2, 0) is 0 Å². The Balaban J connectivity index is 1.95. The minimum absolute atomic E-state index is 0.376. The number of hydrogen-bond acceptors (Lipinski definition) is 2. The second-order valence-corrected chi connectivity index (χ2v) is 6.06. The molecule has 0 saturated heterocycles. The fourth-order valence-corrected chi connectivity index (χ4v) is 3.19. The van der Waals surface area contributed by atoms with Crippen LogP contribution in [0.5, 0.6) is 5.75 Å². The summed E-state index contributed by atoms with van der Waals surface area (Å²) < 4.78 is 6.09. The fraction of sp³-hybridized carbons (Fsp3) is 0.647. The average molecular weight is 261 g/mol. The quantitative estimate of drug-likeness (QED) is 0.838. The van der Waals surface area contributed by atoms with Gasteiger partial charge in [0.15, 0.2) is 0 Å². The van der Waals surface area contributed by atoms with Crippen LogP contribution in [0.15, 0.2) is 24.3 Å². The van der Waals surface area contributed by atoms with E-state index in [2.05, 4.69) is 31.2 Å². The summed E-state index contributed by atoms with van der Waals surface area (Å²) in [5.74, 6) is 1.01. The Morgan fingerprint density at radius 3 is 2.68 bits per heavy atom. The van der Waals surface area contributed by atoms with Gasteiger partial charge in [0, 0.05) is 5.41 Å². The molecule has 19 heavy (non-hydrogen) atoms. The van der Waals surface area contributed by atoms with Crippen molar-refractivity contribution in [3.63, 3.8) is 0 Å². The Morgan fingerprint density at radius 1 is 1.21 bits per heavy atom. The highest BCUT2D eigenvalue weighted by Crippen LogP contribution is 2.40. The van der Waals surface area contributed by atoms with Gasteiger partial charge in [-0.3, -0.25) is 0 Å². The molecule has 0 aliphatic heterocycles. The zero-order chi connectivity index (χ0) is 13.6. The van der Waals surface area contributed by atoms with E-state index in [0.29, 0.717) is 5.41 Å². The topological polar surface area (TPSA) is 35.2 Å². The molecule has 1 saturated carbocycles. The van der Waals surface area contributed by atoms with Crippen LogP contribution in [0.2, 0.25) is 0 Å². The number of ether oxygens (including phenoxy) is 1. The Morgan fingerprint density at radius 2 is 2.00 bits per heavy atom. The van der Waals surface area contributed by atoms with Crippen LogP contribution in [0, 0.1) is 12.3 Å². The lowest BCUT2D eigenvalue weighted by Crippen LogP contribution is -2.31. The molecule has 2 nitrogen and oxygen atoms in total. The fourth-order valence-electron chi connectivity index (χ4n) is 3.19. The Kier molecular flexibility index (Phi) is 5.26. The van der Waals surface area contributed by atoms with Crippen molar-refractivity contribution >= 4 is 0 Å². The van der Waals surface area contributed by atoms with Crippen LogP contribution in [0.3, 0.4) is 0 Å². The summed E-state index contributed by atoms with van der Waals surface area (Å²) in [6.45, 7) is 3.76. The second-order valence-electron chi connectivity index (χ2n) is 6.06. The van der Waals surface area contributed by atoms with Gasteiger partial charge < -0.3 is 10.5 Å². The van der Waals surface area contributed by atoms with Crippen LogP contribution in [-0.4, -0.2) is 13.2 Å². The van der Waals surface area contributed by atoms with Gasteiger partial charge >= 0.3 is 0 Å². The molecule has 2 heteroatoms. The Labute approximate surface area is 117 Å². The van der Waals surface area contributed by atoms with Gasteiger partial charge in [0.05, 0.1) is 6.61 Å². The molecule has 0 aromatic heterocycles. The van der Waals surface area contributed by atoms with Gasteiger partial charge in [0.2, 0.25) is 0 Å². The Bertz CT molecular complexity index is 383. The minimum atomic E-state index is 0.376. The van der Waals surface area contributed by atoms with E-state index < -0.39 is 0 Å². The first kappa shape index (κ1) is 14.4. The van der Waals surface area contributed by atoms with Crippen molar-refractivity contribution in [2.75, 3.05) is 13.2 Å². The molecule has 1 aliphatic carbocycles. The predicted molar refractivity (Wildman–Crippen MR) is 80.5 cm³/mol. The molecule has 0 atom stereocenters. The highest BCUT2D eigenvalue weighted by Gasteiger charge is 2.32. The van der Waals surface area contributed by atoms with Crippen molar-refractivity contribution < 1.29 is 4.74 Å². The van der Waals surface area contributed by atoms with Gasteiger partial charge in [0.25, 0.3) is 0 Å². The molecule has 1 aromatic carbocycles. The first-order chi connectivity index (χ1) is 9.24. The van der Waals surface area contributed by atoms with Crippen LogP contribution in [0.25, 0.3) is 0 Å². The predicted octanol–water partition coefficient (Wildman–Crippen LogP) is 4.06. The van der Waals surface area contributed by atoms with Crippen molar-refractivity contribution in [1.82, 2.24) is 0 Å². The average Bonchev–Trinajstić information content (AvgIpc) is 2.44. The van der Waals surface area contributed by atoms with Crippen molar-refractivity contribution in [2.45, 2.75) is 51.9 Å². The lowest BCUT2D eigenvalue weighted by molar-refractivity contribution is 0.0858.